The normalized spacial score (nSPS) is 18.6. The Hall–Kier alpha value is -2.17. The number of hydrogen-bond donors (Lipinski definition) is 1. The second kappa shape index (κ2) is 5.45. The van der Waals surface area contributed by atoms with Crippen molar-refractivity contribution in [3.05, 3.63) is 36.2 Å². The van der Waals surface area contributed by atoms with Gasteiger partial charge < -0.3 is 10.0 Å². The van der Waals surface area contributed by atoms with Crippen LogP contribution < -0.4 is 0 Å². The van der Waals surface area contributed by atoms with Crippen LogP contribution in [-0.2, 0) is 6.42 Å². The van der Waals surface area contributed by atoms with Crippen molar-refractivity contribution in [2.24, 2.45) is 5.92 Å². The minimum atomic E-state index is -0.805. The Morgan fingerprint density at radius 2 is 2.30 bits per heavy atom. The molecular weight excluding hydrogens is 254 g/mol. The van der Waals surface area contributed by atoms with Crippen molar-refractivity contribution in [2.75, 3.05) is 13.1 Å². The van der Waals surface area contributed by atoms with Gasteiger partial charge in [0.15, 0.2) is 5.65 Å². The molecule has 0 aromatic carbocycles. The van der Waals surface area contributed by atoms with Gasteiger partial charge in [-0.05, 0) is 49.4 Å². The van der Waals surface area contributed by atoms with Crippen LogP contribution in [-0.4, -0.2) is 39.2 Å². The molecule has 20 heavy (non-hydrogen) atoms. The molecule has 3 heterocycles. The van der Waals surface area contributed by atoms with Gasteiger partial charge in [-0.25, -0.2) is 14.8 Å². The van der Waals surface area contributed by atoms with Crippen molar-refractivity contribution >= 4 is 17.1 Å². The fourth-order valence-electron chi connectivity index (χ4n) is 2.73. The van der Waals surface area contributed by atoms with E-state index in [-0.39, 0.29) is 0 Å². The standard InChI is InChI=1S/C15H17N3O2/c19-15(20)18-9-7-11(10-18)3-5-13-6-4-12-2-1-8-16-14(12)17-13/h1-2,4,6,8,11H,3,5,7,9-10H2,(H,19,20)/t11-/m1/s1. The highest BCUT2D eigenvalue weighted by molar-refractivity contribution is 5.74. The number of aromatic nitrogens is 2. The van der Waals surface area contributed by atoms with E-state index in [1.54, 1.807) is 6.20 Å². The molecule has 3 rings (SSSR count). The predicted octanol–water partition coefficient (Wildman–Crippen LogP) is 2.56. The molecule has 1 N–H and O–H groups in total. The third-order valence-electron chi connectivity index (χ3n) is 3.89. The molecule has 5 nitrogen and oxygen atoms in total. The maximum absolute atomic E-state index is 10.9. The van der Waals surface area contributed by atoms with E-state index < -0.39 is 6.09 Å². The van der Waals surface area contributed by atoms with E-state index >= 15 is 0 Å². The first-order chi connectivity index (χ1) is 9.72. The van der Waals surface area contributed by atoms with Gasteiger partial charge in [0, 0.05) is 30.4 Å². The molecule has 2 aromatic heterocycles. The predicted molar refractivity (Wildman–Crippen MR) is 75.6 cm³/mol. The smallest absolute Gasteiger partial charge is 0.407 e. The Morgan fingerprint density at radius 1 is 1.40 bits per heavy atom. The van der Waals surface area contributed by atoms with Gasteiger partial charge in [-0.15, -0.1) is 0 Å². The first-order valence-electron chi connectivity index (χ1n) is 6.91. The Bertz CT molecular complexity index is 629. The van der Waals surface area contributed by atoms with Gasteiger partial charge in [0.2, 0.25) is 0 Å². The molecule has 1 saturated heterocycles. The quantitative estimate of drug-likeness (QED) is 0.931. The van der Waals surface area contributed by atoms with Crippen molar-refractivity contribution in [2.45, 2.75) is 19.3 Å². The molecule has 2 aromatic rings. The first kappa shape index (κ1) is 12.8. The number of fused-ring (bicyclic) bond motifs is 1. The number of pyridine rings is 2. The fourth-order valence-corrected chi connectivity index (χ4v) is 2.73. The number of rotatable bonds is 3. The number of nitrogens with zero attached hydrogens (tertiary/aromatic N) is 3. The number of carbonyl (C=O) groups is 1. The van der Waals surface area contributed by atoms with E-state index in [0.717, 1.165) is 36.0 Å². The lowest BCUT2D eigenvalue weighted by molar-refractivity contribution is 0.154. The summed E-state index contributed by atoms with van der Waals surface area (Å²) in [7, 11) is 0. The number of amides is 1. The van der Waals surface area contributed by atoms with Gasteiger partial charge in [0.05, 0.1) is 0 Å². The van der Waals surface area contributed by atoms with Crippen LogP contribution in [0, 0.1) is 5.92 Å². The van der Waals surface area contributed by atoms with Crippen molar-refractivity contribution < 1.29 is 9.90 Å². The average molecular weight is 271 g/mol. The van der Waals surface area contributed by atoms with Gasteiger partial charge in [0.25, 0.3) is 0 Å². The highest BCUT2D eigenvalue weighted by Gasteiger charge is 2.25. The molecule has 0 saturated carbocycles. The van der Waals surface area contributed by atoms with Gasteiger partial charge in [-0.1, -0.05) is 0 Å². The molecule has 0 radical (unpaired) electrons. The van der Waals surface area contributed by atoms with E-state index in [2.05, 4.69) is 9.97 Å². The van der Waals surface area contributed by atoms with E-state index in [0.29, 0.717) is 19.0 Å². The van der Waals surface area contributed by atoms with Crippen LogP contribution in [0.3, 0.4) is 0 Å². The Labute approximate surface area is 117 Å². The van der Waals surface area contributed by atoms with Gasteiger partial charge in [0.1, 0.15) is 0 Å². The zero-order chi connectivity index (χ0) is 13.9. The summed E-state index contributed by atoms with van der Waals surface area (Å²) in [6.45, 7) is 1.31. The number of carboxylic acid groups (broad SMARTS) is 1. The molecule has 0 spiro atoms. The first-order valence-corrected chi connectivity index (χ1v) is 6.91. The van der Waals surface area contributed by atoms with Crippen LogP contribution in [0.1, 0.15) is 18.5 Å². The molecule has 0 bridgehead atoms. The minimum Gasteiger partial charge on any atom is -0.465 e. The Balaban J connectivity index is 1.61. The maximum Gasteiger partial charge on any atom is 0.407 e. The molecule has 1 aliphatic rings. The minimum absolute atomic E-state index is 0.451. The van der Waals surface area contributed by atoms with Gasteiger partial charge >= 0.3 is 6.09 Å². The Kier molecular flexibility index (Phi) is 3.50. The summed E-state index contributed by atoms with van der Waals surface area (Å²) in [4.78, 5) is 21.2. The van der Waals surface area contributed by atoms with Crippen LogP contribution in [0.5, 0.6) is 0 Å². The summed E-state index contributed by atoms with van der Waals surface area (Å²) in [5.74, 6) is 0.451. The summed E-state index contributed by atoms with van der Waals surface area (Å²) >= 11 is 0. The SMILES string of the molecule is O=C(O)N1CC[C@@H](CCc2ccc3cccnc3n2)C1. The van der Waals surface area contributed by atoms with Gasteiger partial charge in [-0.2, -0.15) is 0 Å². The highest BCUT2D eigenvalue weighted by atomic mass is 16.4. The van der Waals surface area contributed by atoms with E-state index in [1.165, 1.54) is 4.90 Å². The van der Waals surface area contributed by atoms with E-state index in [9.17, 15) is 4.79 Å². The topological polar surface area (TPSA) is 66.3 Å². The maximum atomic E-state index is 10.9. The summed E-state index contributed by atoms with van der Waals surface area (Å²) in [5.41, 5.74) is 1.81. The zero-order valence-electron chi connectivity index (χ0n) is 11.2. The molecule has 1 atom stereocenters. The largest absolute Gasteiger partial charge is 0.465 e. The summed E-state index contributed by atoms with van der Waals surface area (Å²) in [5, 5.41) is 9.99. The molecule has 104 valence electrons. The second-order valence-corrected chi connectivity index (χ2v) is 5.27. The number of hydrogen-bond acceptors (Lipinski definition) is 3. The lowest BCUT2D eigenvalue weighted by Gasteiger charge is -2.12. The molecule has 0 unspecified atom stereocenters. The van der Waals surface area contributed by atoms with Crippen molar-refractivity contribution in [3.8, 4) is 0 Å². The van der Waals surface area contributed by atoms with Crippen LogP contribution >= 0.6 is 0 Å². The molecular formula is C15H17N3O2. The molecule has 0 aliphatic carbocycles. The molecule has 1 aliphatic heterocycles. The zero-order valence-corrected chi connectivity index (χ0v) is 11.2. The van der Waals surface area contributed by atoms with Crippen molar-refractivity contribution in [3.63, 3.8) is 0 Å². The highest BCUT2D eigenvalue weighted by Crippen LogP contribution is 2.21. The van der Waals surface area contributed by atoms with Crippen molar-refractivity contribution in [1.29, 1.82) is 0 Å². The summed E-state index contributed by atoms with van der Waals surface area (Å²) in [6.07, 6.45) is 3.76. The van der Waals surface area contributed by atoms with Crippen LogP contribution in [0.2, 0.25) is 0 Å². The molecule has 1 fully saturated rings. The van der Waals surface area contributed by atoms with Crippen LogP contribution in [0.4, 0.5) is 4.79 Å². The Morgan fingerprint density at radius 3 is 3.10 bits per heavy atom. The number of aryl methyl sites for hydroxylation is 1. The summed E-state index contributed by atoms with van der Waals surface area (Å²) < 4.78 is 0. The third kappa shape index (κ3) is 2.71. The number of likely N-dealkylation sites (tertiary alicyclic amines) is 1. The molecule has 5 heteroatoms. The fraction of sp³-hybridized carbons (Fsp3) is 0.400. The lowest BCUT2D eigenvalue weighted by atomic mass is 10.0. The van der Waals surface area contributed by atoms with Gasteiger partial charge in [-0.3, -0.25) is 0 Å². The molecule has 1 amide bonds. The third-order valence-corrected chi connectivity index (χ3v) is 3.89. The van der Waals surface area contributed by atoms with E-state index in [4.69, 9.17) is 5.11 Å². The van der Waals surface area contributed by atoms with Crippen molar-refractivity contribution in [1.82, 2.24) is 14.9 Å². The lowest BCUT2D eigenvalue weighted by Crippen LogP contribution is -2.26. The van der Waals surface area contributed by atoms with E-state index in [1.807, 2.05) is 24.3 Å². The van der Waals surface area contributed by atoms with Crippen LogP contribution in [0.25, 0.3) is 11.0 Å². The second-order valence-electron chi connectivity index (χ2n) is 5.27. The monoisotopic (exact) mass is 271 g/mol. The summed E-state index contributed by atoms with van der Waals surface area (Å²) in [6, 6.07) is 7.99. The van der Waals surface area contributed by atoms with Crippen LogP contribution in [0.15, 0.2) is 30.5 Å². The average Bonchev–Trinajstić information content (AvgIpc) is 2.94.